The lowest BCUT2D eigenvalue weighted by Crippen LogP contribution is -2.38. The molecule has 3 rings (SSSR count). The maximum Gasteiger partial charge on any atom is 0.0990 e. The van der Waals surface area contributed by atoms with Crippen LogP contribution in [0.5, 0.6) is 0 Å². The number of hydrogen-bond donors (Lipinski definition) is 1. The third-order valence-corrected chi connectivity index (χ3v) is 4.30. The highest BCUT2D eigenvalue weighted by Gasteiger charge is 2.25. The lowest BCUT2D eigenvalue weighted by molar-refractivity contribution is 0.00643. The van der Waals surface area contributed by atoms with Gasteiger partial charge in [-0.05, 0) is 56.9 Å². The molecule has 0 amide bonds. The van der Waals surface area contributed by atoms with Crippen molar-refractivity contribution < 1.29 is 4.74 Å². The third kappa shape index (κ3) is 4.23. The Morgan fingerprint density at radius 1 is 0.941 bits per heavy atom. The molecular formula is C14H26N2O. The first-order chi connectivity index (χ1) is 8.40. The van der Waals surface area contributed by atoms with Gasteiger partial charge in [-0.2, -0.15) is 0 Å². The summed E-state index contributed by atoms with van der Waals surface area (Å²) in [7, 11) is 0. The first-order valence-electron chi connectivity index (χ1n) is 7.43. The van der Waals surface area contributed by atoms with Crippen LogP contribution >= 0.6 is 0 Å². The number of hydrogen-bond acceptors (Lipinski definition) is 3. The van der Waals surface area contributed by atoms with E-state index in [0.29, 0.717) is 0 Å². The van der Waals surface area contributed by atoms with Gasteiger partial charge in [0.05, 0.1) is 13.3 Å². The van der Waals surface area contributed by atoms with E-state index < -0.39 is 0 Å². The first-order valence-corrected chi connectivity index (χ1v) is 7.43. The molecule has 3 heteroatoms. The standard InChI is InChI=1S/C14H26N2O/c1-2-13(1)10-17-11-16-7-5-12(6-8-16)9-15-14-3-4-14/h12-15H,1-11H2. The molecule has 1 aliphatic heterocycles. The predicted molar refractivity (Wildman–Crippen MR) is 68.9 cm³/mol. The van der Waals surface area contributed by atoms with Crippen LogP contribution in [0.1, 0.15) is 38.5 Å². The van der Waals surface area contributed by atoms with Gasteiger partial charge in [-0.15, -0.1) is 0 Å². The molecule has 1 N–H and O–H groups in total. The zero-order valence-corrected chi connectivity index (χ0v) is 10.9. The van der Waals surface area contributed by atoms with Gasteiger partial charge in [-0.3, -0.25) is 4.90 Å². The Morgan fingerprint density at radius 2 is 1.71 bits per heavy atom. The molecule has 2 aliphatic carbocycles. The van der Waals surface area contributed by atoms with Crippen molar-refractivity contribution in [1.29, 1.82) is 0 Å². The van der Waals surface area contributed by atoms with Gasteiger partial charge in [-0.25, -0.2) is 0 Å². The van der Waals surface area contributed by atoms with Crippen LogP contribution in [0.25, 0.3) is 0 Å². The van der Waals surface area contributed by atoms with E-state index in [2.05, 4.69) is 10.2 Å². The minimum Gasteiger partial charge on any atom is -0.366 e. The Balaban J connectivity index is 1.24. The van der Waals surface area contributed by atoms with Crippen LogP contribution in [-0.2, 0) is 4.74 Å². The Kier molecular flexibility index (Phi) is 3.99. The molecule has 3 nitrogen and oxygen atoms in total. The Hall–Kier alpha value is -0.120. The van der Waals surface area contributed by atoms with Crippen molar-refractivity contribution >= 4 is 0 Å². The zero-order valence-electron chi connectivity index (χ0n) is 10.9. The topological polar surface area (TPSA) is 24.5 Å². The fourth-order valence-corrected chi connectivity index (χ4v) is 2.57. The summed E-state index contributed by atoms with van der Waals surface area (Å²) >= 11 is 0. The van der Waals surface area contributed by atoms with Gasteiger partial charge >= 0.3 is 0 Å². The van der Waals surface area contributed by atoms with Crippen molar-refractivity contribution in [1.82, 2.24) is 10.2 Å². The van der Waals surface area contributed by atoms with Crippen LogP contribution in [0, 0.1) is 11.8 Å². The van der Waals surface area contributed by atoms with Crippen LogP contribution < -0.4 is 5.32 Å². The molecule has 0 atom stereocenters. The summed E-state index contributed by atoms with van der Waals surface area (Å²) in [6, 6.07) is 0.870. The number of nitrogens with one attached hydrogen (secondary N) is 1. The molecule has 1 saturated heterocycles. The highest BCUT2D eigenvalue weighted by atomic mass is 16.5. The maximum atomic E-state index is 5.75. The van der Waals surface area contributed by atoms with E-state index in [9.17, 15) is 0 Å². The second-order valence-corrected chi connectivity index (χ2v) is 6.19. The van der Waals surface area contributed by atoms with Crippen molar-refractivity contribution in [3.05, 3.63) is 0 Å². The van der Waals surface area contributed by atoms with Crippen LogP contribution in [0.3, 0.4) is 0 Å². The number of ether oxygens (including phenoxy) is 1. The summed E-state index contributed by atoms with van der Waals surface area (Å²) in [6.07, 6.45) is 8.32. The summed E-state index contributed by atoms with van der Waals surface area (Å²) in [4.78, 5) is 2.48. The quantitative estimate of drug-likeness (QED) is 0.732. The Morgan fingerprint density at radius 3 is 2.35 bits per heavy atom. The second-order valence-electron chi connectivity index (χ2n) is 6.19. The summed E-state index contributed by atoms with van der Waals surface area (Å²) in [6.45, 7) is 5.60. The predicted octanol–water partition coefficient (Wildman–Crippen LogP) is 1.83. The normalized spacial score (nSPS) is 27.5. The Bertz CT molecular complexity index is 230. The van der Waals surface area contributed by atoms with E-state index in [1.807, 2.05) is 0 Å². The molecule has 0 bridgehead atoms. The van der Waals surface area contributed by atoms with E-state index in [4.69, 9.17) is 4.74 Å². The van der Waals surface area contributed by atoms with E-state index in [1.54, 1.807) is 0 Å². The van der Waals surface area contributed by atoms with Crippen molar-refractivity contribution in [2.45, 2.75) is 44.6 Å². The fraction of sp³-hybridized carbons (Fsp3) is 1.00. The van der Waals surface area contributed by atoms with E-state index in [0.717, 1.165) is 31.2 Å². The largest absolute Gasteiger partial charge is 0.366 e. The lowest BCUT2D eigenvalue weighted by atomic mass is 9.97. The van der Waals surface area contributed by atoms with Crippen LogP contribution in [0.4, 0.5) is 0 Å². The third-order valence-electron chi connectivity index (χ3n) is 4.30. The van der Waals surface area contributed by atoms with E-state index in [1.165, 1.54) is 58.2 Å². The van der Waals surface area contributed by atoms with E-state index >= 15 is 0 Å². The minimum atomic E-state index is 0.870. The Labute approximate surface area is 105 Å². The lowest BCUT2D eigenvalue weighted by Gasteiger charge is -2.31. The smallest absolute Gasteiger partial charge is 0.0990 e. The molecule has 0 spiro atoms. The minimum absolute atomic E-state index is 0.870. The summed E-state index contributed by atoms with van der Waals surface area (Å²) in [5.41, 5.74) is 0. The van der Waals surface area contributed by atoms with Gasteiger partial charge in [-0.1, -0.05) is 0 Å². The monoisotopic (exact) mass is 238 g/mol. The molecule has 1 heterocycles. The maximum absolute atomic E-state index is 5.75. The van der Waals surface area contributed by atoms with Crippen LogP contribution in [0.15, 0.2) is 0 Å². The molecule has 0 aromatic rings. The van der Waals surface area contributed by atoms with Gasteiger partial charge < -0.3 is 10.1 Å². The highest BCUT2D eigenvalue weighted by Crippen LogP contribution is 2.29. The van der Waals surface area contributed by atoms with Gasteiger partial charge in [0.25, 0.3) is 0 Å². The van der Waals surface area contributed by atoms with Gasteiger partial charge in [0, 0.05) is 19.1 Å². The zero-order chi connectivity index (χ0) is 11.5. The number of rotatable bonds is 7. The summed E-state index contributed by atoms with van der Waals surface area (Å²) < 4.78 is 5.75. The molecule has 2 saturated carbocycles. The first kappa shape index (κ1) is 11.9. The summed E-state index contributed by atoms with van der Waals surface area (Å²) in [5, 5.41) is 3.66. The molecule has 0 radical (unpaired) electrons. The van der Waals surface area contributed by atoms with Crippen LogP contribution in [0.2, 0.25) is 0 Å². The molecular weight excluding hydrogens is 212 g/mol. The highest BCUT2D eigenvalue weighted by molar-refractivity contribution is 4.83. The molecule has 98 valence electrons. The van der Waals surface area contributed by atoms with Crippen molar-refractivity contribution in [2.75, 3.05) is 33.0 Å². The summed E-state index contributed by atoms with van der Waals surface area (Å²) in [5.74, 6) is 1.81. The van der Waals surface area contributed by atoms with E-state index in [-0.39, 0.29) is 0 Å². The fourth-order valence-electron chi connectivity index (χ4n) is 2.57. The molecule has 0 aromatic heterocycles. The van der Waals surface area contributed by atoms with Crippen molar-refractivity contribution in [3.8, 4) is 0 Å². The van der Waals surface area contributed by atoms with Gasteiger partial charge in [0.2, 0.25) is 0 Å². The average Bonchev–Trinajstić information content (AvgIpc) is 3.23. The van der Waals surface area contributed by atoms with Gasteiger partial charge in [0.15, 0.2) is 0 Å². The molecule has 0 aromatic carbocycles. The average molecular weight is 238 g/mol. The van der Waals surface area contributed by atoms with Gasteiger partial charge in [0.1, 0.15) is 0 Å². The second kappa shape index (κ2) is 5.68. The van der Waals surface area contributed by atoms with Crippen molar-refractivity contribution in [3.63, 3.8) is 0 Å². The molecule has 17 heavy (non-hydrogen) atoms. The number of nitrogens with zero attached hydrogens (tertiary/aromatic N) is 1. The molecule has 3 fully saturated rings. The SMILES string of the molecule is C1CN(COCC2CC2)CCC1CNC1CC1. The van der Waals surface area contributed by atoms with Crippen molar-refractivity contribution in [2.24, 2.45) is 11.8 Å². The molecule has 0 unspecified atom stereocenters. The molecule has 3 aliphatic rings. The number of piperidine rings is 1. The van der Waals surface area contributed by atoms with Crippen LogP contribution in [-0.4, -0.2) is 43.9 Å². The number of likely N-dealkylation sites (tertiary alicyclic amines) is 1.